The van der Waals surface area contributed by atoms with Gasteiger partial charge in [0.15, 0.2) is 18.9 Å². The molecule has 4 heterocycles. The maximum Gasteiger partial charge on any atom is 0.309 e. The lowest BCUT2D eigenvalue weighted by Crippen LogP contribution is -2.65. The first-order valence-electron chi connectivity index (χ1n) is 21.5. The van der Waals surface area contributed by atoms with Crippen molar-refractivity contribution in [3.05, 3.63) is 0 Å². The molecule has 7 rings (SSSR count). The average Bonchev–Trinajstić information content (AvgIpc) is 3.23. The summed E-state index contributed by atoms with van der Waals surface area (Å²) in [5.74, 6) is -1.98. The van der Waals surface area contributed by atoms with E-state index in [0.717, 1.165) is 0 Å². The molecule has 3 aliphatic carbocycles. The van der Waals surface area contributed by atoms with E-state index in [1.54, 1.807) is 0 Å². The number of carbonyl (C=O) groups is 1. The maximum atomic E-state index is 12.7. The van der Waals surface area contributed by atoms with E-state index in [1.165, 1.54) is 0 Å². The fourth-order valence-corrected chi connectivity index (χ4v) is 9.90. The SMILES string of the molecule is O=C(OC[C@H]1O[C@@H](OC[C@H]2O[C@@H](OC3CC4C(O)CC(O)CC4OC3C3CCC(O)C(O)C3)[C@H](O[C@@H]3OC[C@@H](O)[C@H](O)[C@H]3O)[C@@H](O)[C@H]2O)[C@H](O)[C@@H](O)[C@@H]1O)C1CCC(O)CC1. The van der Waals surface area contributed by atoms with Crippen molar-refractivity contribution in [2.75, 3.05) is 19.8 Å². The summed E-state index contributed by atoms with van der Waals surface area (Å²) >= 11 is 0. The fourth-order valence-electron chi connectivity index (χ4n) is 9.90. The Bertz CT molecular complexity index is 1410. The molecule has 352 valence electrons. The third kappa shape index (κ3) is 10.7. The van der Waals surface area contributed by atoms with Crippen LogP contribution >= 0.6 is 0 Å². The number of hydrogen-bond donors (Lipinski definition) is 13. The van der Waals surface area contributed by atoms with Crippen LogP contribution in [0.4, 0.5) is 0 Å². The molecule has 23 atom stereocenters. The van der Waals surface area contributed by atoms with Crippen molar-refractivity contribution in [2.45, 2.75) is 199 Å². The average molecular weight is 885 g/mol. The standard InChI is InChI=1S/C39H64O22/c40-16-4-1-14(2-5-16)36(53)54-12-25-28(47)30(49)33(52)37(59-25)56-13-26-29(48)31(50)35(61-38-32(51)27(46)22(45)11-55-38)39(60-26)58-24-10-18-20(43)8-17(41)9-23(18)57-34(24)15-3-6-19(42)21(44)7-15/h14-35,37-52H,1-13H2/t14?,15?,16?,17?,18?,19?,20?,21?,22-,23?,24?,25-,26-,27+,28-,29+,30+,31+,32-,33-,34?,35-,37-,38+,39-/m1/s1. The van der Waals surface area contributed by atoms with Gasteiger partial charge in [-0.1, -0.05) is 0 Å². The number of aliphatic hydroxyl groups is 13. The number of carbonyl (C=O) groups excluding carboxylic acids is 1. The fraction of sp³-hybridized carbons (Fsp3) is 0.974. The van der Waals surface area contributed by atoms with Gasteiger partial charge in [0, 0.05) is 5.92 Å². The second kappa shape index (κ2) is 20.5. The van der Waals surface area contributed by atoms with Crippen LogP contribution in [0.1, 0.15) is 64.2 Å². The van der Waals surface area contributed by atoms with E-state index in [0.29, 0.717) is 32.1 Å². The predicted octanol–water partition coefficient (Wildman–Crippen LogP) is -5.63. The van der Waals surface area contributed by atoms with Crippen molar-refractivity contribution in [3.8, 4) is 0 Å². The summed E-state index contributed by atoms with van der Waals surface area (Å²) in [6.07, 6.45) is -27.5. The van der Waals surface area contributed by atoms with Crippen molar-refractivity contribution < 1.29 is 109 Å². The van der Waals surface area contributed by atoms with Crippen LogP contribution in [0.2, 0.25) is 0 Å². The predicted molar refractivity (Wildman–Crippen MR) is 197 cm³/mol. The molecule has 0 spiro atoms. The molecule has 4 saturated heterocycles. The number of rotatable bonds is 11. The first-order chi connectivity index (χ1) is 29.0. The van der Waals surface area contributed by atoms with Gasteiger partial charge in [0.1, 0.15) is 73.8 Å². The van der Waals surface area contributed by atoms with Crippen molar-refractivity contribution in [2.24, 2.45) is 17.8 Å². The van der Waals surface area contributed by atoms with Gasteiger partial charge in [-0.05, 0) is 70.1 Å². The monoisotopic (exact) mass is 884 g/mol. The minimum absolute atomic E-state index is 0.0763. The second-order valence-corrected chi connectivity index (χ2v) is 18.0. The van der Waals surface area contributed by atoms with Crippen LogP contribution in [0, 0.1) is 17.8 Å². The van der Waals surface area contributed by atoms with Gasteiger partial charge in [-0.25, -0.2) is 0 Å². The normalized spacial score (nSPS) is 52.2. The summed E-state index contributed by atoms with van der Waals surface area (Å²) < 4.78 is 47.5. The molecule has 0 amide bonds. The van der Waals surface area contributed by atoms with E-state index < -0.39 is 178 Å². The van der Waals surface area contributed by atoms with E-state index in [9.17, 15) is 71.2 Å². The summed E-state index contributed by atoms with van der Waals surface area (Å²) in [4.78, 5) is 12.7. The third-order valence-corrected chi connectivity index (χ3v) is 13.7. The summed E-state index contributed by atoms with van der Waals surface area (Å²) in [7, 11) is 0. The van der Waals surface area contributed by atoms with Gasteiger partial charge in [-0.2, -0.15) is 0 Å². The number of esters is 1. The van der Waals surface area contributed by atoms with Crippen LogP contribution in [-0.2, 0) is 42.7 Å². The van der Waals surface area contributed by atoms with Crippen LogP contribution in [0.3, 0.4) is 0 Å². The molecule has 13 N–H and O–H groups in total. The molecule has 22 nitrogen and oxygen atoms in total. The molecule has 7 aliphatic rings. The van der Waals surface area contributed by atoms with Gasteiger partial charge in [-0.15, -0.1) is 0 Å². The molecule has 0 aromatic heterocycles. The first kappa shape index (κ1) is 47.6. The number of aliphatic hydroxyl groups excluding tert-OH is 13. The first-order valence-corrected chi connectivity index (χ1v) is 21.5. The van der Waals surface area contributed by atoms with Gasteiger partial charge in [-0.3, -0.25) is 4.79 Å². The minimum atomic E-state index is -1.90. The minimum Gasteiger partial charge on any atom is -0.463 e. The van der Waals surface area contributed by atoms with Gasteiger partial charge < -0.3 is 104 Å². The Kier molecular flexibility index (Phi) is 16.0. The molecule has 0 aromatic carbocycles. The zero-order valence-electron chi connectivity index (χ0n) is 33.6. The van der Waals surface area contributed by atoms with Gasteiger partial charge in [0.2, 0.25) is 0 Å². The molecule has 9 unspecified atom stereocenters. The highest BCUT2D eigenvalue weighted by molar-refractivity contribution is 5.72. The number of hydrogen-bond acceptors (Lipinski definition) is 22. The zero-order valence-corrected chi connectivity index (χ0v) is 33.6. The Balaban J connectivity index is 1.08. The lowest BCUT2D eigenvalue weighted by atomic mass is 9.72. The summed E-state index contributed by atoms with van der Waals surface area (Å²) in [5, 5.41) is 138. The van der Waals surface area contributed by atoms with Crippen molar-refractivity contribution in [1.29, 1.82) is 0 Å². The van der Waals surface area contributed by atoms with Crippen LogP contribution in [0.15, 0.2) is 0 Å². The lowest BCUT2D eigenvalue weighted by Gasteiger charge is -2.51. The van der Waals surface area contributed by atoms with E-state index in [1.807, 2.05) is 0 Å². The molecule has 7 fully saturated rings. The van der Waals surface area contributed by atoms with Crippen LogP contribution in [-0.4, -0.2) is 227 Å². The Morgan fingerprint density at radius 1 is 0.525 bits per heavy atom. The topological polar surface area (TPSA) is 354 Å². The molecule has 61 heavy (non-hydrogen) atoms. The smallest absolute Gasteiger partial charge is 0.309 e. The number of ether oxygens (including phenoxy) is 8. The van der Waals surface area contributed by atoms with E-state index in [-0.39, 0.29) is 32.1 Å². The summed E-state index contributed by atoms with van der Waals surface area (Å²) in [6, 6.07) is 0. The molecular weight excluding hydrogens is 820 g/mol. The van der Waals surface area contributed by atoms with E-state index >= 15 is 0 Å². The zero-order chi connectivity index (χ0) is 43.9. The highest BCUT2D eigenvalue weighted by atomic mass is 16.8. The molecule has 22 heteroatoms. The maximum absolute atomic E-state index is 12.7. The van der Waals surface area contributed by atoms with Crippen molar-refractivity contribution >= 4 is 5.97 Å². The van der Waals surface area contributed by atoms with Crippen molar-refractivity contribution in [1.82, 2.24) is 0 Å². The highest BCUT2D eigenvalue weighted by Crippen LogP contribution is 2.44. The summed E-state index contributed by atoms with van der Waals surface area (Å²) in [6.45, 7) is -1.64. The van der Waals surface area contributed by atoms with Crippen molar-refractivity contribution in [3.63, 3.8) is 0 Å². The van der Waals surface area contributed by atoms with Gasteiger partial charge in [0.05, 0.1) is 68.0 Å². The second-order valence-electron chi connectivity index (χ2n) is 18.0. The van der Waals surface area contributed by atoms with Crippen LogP contribution < -0.4 is 0 Å². The third-order valence-electron chi connectivity index (χ3n) is 13.7. The Labute approximate surface area is 351 Å². The molecule has 3 saturated carbocycles. The van der Waals surface area contributed by atoms with Gasteiger partial charge in [0.25, 0.3) is 0 Å². The van der Waals surface area contributed by atoms with E-state index in [2.05, 4.69) is 0 Å². The molecule has 0 bridgehead atoms. The highest BCUT2D eigenvalue weighted by Gasteiger charge is 2.55. The number of fused-ring (bicyclic) bond motifs is 1. The Morgan fingerprint density at radius 3 is 1.92 bits per heavy atom. The quantitative estimate of drug-likeness (QED) is 0.0860. The van der Waals surface area contributed by atoms with E-state index in [4.69, 9.17) is 37.9 Å². The Morgan fingerprint density at radius 2 is 1.20 bits per heavy atom. The molecular formula is C39H64O22. The molecule has 0 radical (unpaired) electrons. The summed E-state index contributed by atoms with van der Waals surface area (Å²) in [5.41, 5.74) is 0. The molecule has 4 aliphatic heterocycles. The lowest BCUT2D eigenvalue weighted by molar-refractivity contribution is -0.376. The largest absolute Gasteiger partial charge is 0.463 e. The Hall–Kier alpha value is -1.33. The van der Waals surface area contributed by atoms with Crippen LogP contribution in [0.5, 0.6) is 0 Å². The molecule has 0 aromatic rings. The van der Waals surface area contributed by atoms with Gasteiger partial charge >= 0.3 is 5.97 Å². The van der Waals surface area contributed by atoms with Crippen LogP contribution in [0.25, 0.3) is 0 Å².